The maximum atomic E-state index is 13.3. The van der Waals surface area contributed by atoms with Crippen LogP contribution in [0.4, 0.5) is 10.5 Å². The number of piperidine rings is 2. The Hall–Kier alpha value is -4.29. The lowest BCUT2D eigenvalue weighted by Gasteiger charge is -2.34. The molecule has 5 rings (SSSR count). The number of imide groups is 2. The van der Waals surface area contributed by atoms with Crippen molar-refractivity contribution in [1.82, 2.24) is 30.1 Å². The molecule has 0 radical (unpaired) electrons. The SMILES string of the molecule is CC(C)(C)OC(=O)N1CCCC(Cn2cc(CNc3cccc4c3C(=O)N(C3CCC(=O)NC3=O)C4=O)nn2)C1. The predicted molar refractivity (Wildman–Crippen MR) is 141 cm³/mol. The van der Waals surface area contributed by atoms with Gasteiger partial charge < -0.3 is 15.0 Å². The molecular formula is C27H33N7O6. The number of fused-ring (bicyclic) bond motifs is 1. The van der Waals surface area contributed by atoms with Gasteiger partial charge in [0.2, 0.25) is 11.8 Å². The van der Waals surface area contributed by atoms with E-state index in [0.717, 1.165) is 17.7 Å². The monoisotopic (exact) mass is 551 g/mol. The van der Waals surface area contributed by atoms with Crippen LogP contribution < -0.4 is 10.6 Å². The van der Waals surface area contributed by atoms with Gasteiger partial charge in [-0.25, -0.2) is 4.79 Å². The number of hydrogen-bond acceptors (Lipinski definition) is 9. The Morgan fingerprint density at radius 3 is 2.70 bits per heavy atom. The Bertz CT molecular complexity index is 1360. The number of rotatable bonds is 6. The van der Waals surface area contributed by atoms with Crippen molar-refractivity contribution < 1.29 is 28.7 Å². The molecule has 2 unspecified atom stereocenters. The van der Waals surface area contributed by atoms with Gasteiger partial charge in [-0.15, -0.1) is 5.10 Å². The van der Waals surface area contributed by atoms with Crippen molar-refractivity contribution in [2.75, 3.05) is 18.4 Å². The summed E-state index contributed by atoms with van der Waals surface area (Å²) < 4.78 is 7.26. The van der Waals surface area contributed by atoms with Crippen LogP contribution in [-0.2, 0) is 27.4 Å². The molecule has 2 N–H and O–H groups in total. The summed E-state index contributed by atoms with van der Waals surface area (Å²) in [4.78, 5) is 65.3. The van der Waals surface area contributed by atoms with E-state index in [4.69, 9.17) is 4.74 Å². The minimum Gasteiger partial charge on any atom is -0.444 e. The van der Waals surface area contributed by atoms with Crippen LogP contribution in [0.1, 0.15) is 72.9 Å². The Balaban J connectivity index is 1.21. The first-order valence-electron chi connectivity index (χ1n) is 13.5. The Morgan fingerprint density at radius 2 is 1.95 bits per heavy atom. The molecule has 1 aromatic carbocycles. The molecule has 40 heavy (non-hydrogen) atoms. The number of nitrogens with zero attached hydrogens (tertiary/aromatic N) is 5. The summed E-state index contributed by atoms with van der Waals surface area (Å²) in [5, 5.41) is 13.8. The Morgan fingerprint density at radius 1 is 1.15 bits per heavy atom. The second-order valence-electron chi connectivity index (χ2n) is 11.4. The van der Waals surface area contributed by atoms with E-state index in [9.17, 15) is 24.0 Å². The molecule has 2 saturated heterocycles. The van der Waals surface area contributed by atoms with E-state index in [1.807, 2.05) is 27.0 Å². The molecule has 3 aliphatic rings. The highest BCUT2D eigenvalue weighted by Crippen LogP contribution is 2.32. The summed E-state index contributed by atoms with van der Waals surface area (Å²) in [6.07, 6.45) is 3.51. The van der Waals surface area contributed by atoms with E-state index < -0.39 is 35.3 Å². The Labute approximate surface area is 231 Å². The number of benzene rings is 1. The van der Waals surface area contributed by atoms with Gasteiger partial charge in [0.15, 0.2) is 0 Å². The highest BCUT2D eigenvalue weighted by atomic mass is 16.6. The van der Waals surface area contributed by atoms with Crippen molar-refractivity contribution in [3.63, 3.8) is 0 Å². The first-order chi connectivity index (χ1) is 19.0. The zero-order chi connectivity index (χ0) is 28.6. The molecule has 2 aromatic rings. The van der Waals surface area contributed by atoms with Crippen LogP contribution in [0.15, 0.2) is 24.4 Å². The topological polar surface area (TPSA) is 156 Å². The van der Waals surface area contributed by atoms with Crippen molar-refractivity contribution in [1.29, 1.82) is 0 Å². The molecule has 5 amide bonds. The average molecular weight is 552 g/mol. The number of amides is 5. The van der Waals surface area contributed by atoms with Crippen LogP contribution in [0.2, 0.25) is 0 Å². The average Bonchev–Trinajstić information content (AvgIpc) is 3.44. The van der Waals surface area contributed by atoms with Gasteiger partial charge in [-0.1, -0.05) is 11.3 Å². The number of carbonyl (C=O) groups excluding carboxylic acids is 5. The van der Waals surface area contributed by atoms with E-state index in [0.29, 0.717) is 31.0 Å². The first-order valence-corrected chi connectivity index (χ1v) is 13.5. The lowest BCUT2D eigenvalue weighted by Crippen LogP contribution is -2.54. The van der Waals surface area contributed by atoms with Crippen LogP contribution in [0.3, 0.4) is 0 Å². The van der Waals surface area contributed by atoms with Gasteiger partial charge in [0, 0.05) is 31.7 Å². The molecule has 0 aliphatic carbocycles. The van der Waals surface area contributed by atoms with Crippen LogP contribution >= 0.6 is 0 Å². The molecular weight excluding hydrogens is 518 g/mol. The number of likely N-dealkylation sites (tertiary alicyclic amines) is 1. The van der Waals surface area contributed by atoms with Crippen molar-refractivity contribution in [2.24, 2.45) is 5.92 Å². The van der Waals surface area contributed by atoms with Gasteiger partial charge >= 0.3 is 6.09 Å². The number of carbonyl (C=O) groups is 5. The largest absolute Gasteiger partial charge is 0.444 e. The lowest BCUT2D eigenvalue weighted by molar-refractivity contribution is -0.136. The fourth-order valence-corrected chi connectivity index (χ4v) is 5.33. The highest BCUT2D eigenvalue weighted by Gasteiger charge is 2.45. The zero-order valence-electron chi connectivity index (χ0n) is 22.8. The minimum atomic E-state index is -1.02. The van der Waals surface area contributed by atoms with Gasteiger partial charge in [0.1, 0.15) is 17.3 Å². The smallest absolute Gasteiger partial charge is 0.410 e. The molecule has 3 aliphatic heterocycles. The van der Waals surface area contributed by atoms with E-state index in [-0.39, 0.29) is 42.5 Å². The minimum absolute atomic E-state index is 0.0600. The zero-order valence-corrected chi connectivity index (χ0v) is 22.8. The van der Waals surface area contributed by atoms with Gasteiger partial charge in [0.25, 0.3) is 11.8 Å². The van der Waals surface area contributed by atoms with Crippen LogP contribution in [-0.4, -0.2) is 79.2 Å². The lowest BCUT2D eigenvalue weighted by atomic mass is 9.98. The maximum Gasteiger partial charge on any atom is 0.410 e. The summed E-state index contributed by atoms with van der Waals surface area (Å²) in [5.41, 5.74) is 0.929. The fourth-order valence-electron chi connectivity index (χ4n) is 5.33. The summed E-state index contributed by atoms with van der Waals surface area (Å²) >= 11 is 0. The number of anilines is 1. The second-order valence-corrected chi connectivity index (χ2v) is 11.4. The third-order valence-corrected chi connectivity index (χ3v) is 7.13. The maximum absolute atomic E-state index is 13.3. The standard InChI is InChI=1S/C27H33N7O6/c1-27(2,3)40-26(39)32-11-5-6-16(13-32)14-33-15-17(30-31-33)12-28-19-8-4-7-18-22(19)25(38)34(24(18)37)20-9-10-21(35)29-23(20)36/h4,7-8,15-16,20,28H,5-6,9-14H2,1-3H3,(H,29,35,36). The Kier molecular flexibility index (Phi) is 7.30. The highest BCUT2D eigenvalue weighted by molar-refractivity contribution is 6.25. The summed E-state index contributed by atoms with van der Waals surface area (Å²) in [6.45, 7) is 7.65. The van der Waals surface area contributed by atoms with Crippen LogP contribution in [0.5, 0.6) is 0 Å². The van der Waals surface area contributed by atoms with E-state index >= 15 is 0 Å². The van der Waals surface area contributed by atoms with Crippen molar-refractivity contribution in [3.05, 3.63) is 41.2 Å². The molecule has 212 valence electrons. The number of hydrogen-bond donors (Lipinski definition) is 2. The van der Waals surface area contributed by atoms with Crippen LogP contribution in [0, 0.1) is 5.92 Å². The number of ether oxygens (including phenoxy) is 1. The van der Waals surface area contributed by atoms with Crippen molar-refractivity contribution in [3.8, 4) is 0 Å². The fraction of sp³-hybridized carbons (Fsp3) is 0.519. The normalized spacial score (nSPS) is 21.4. The molecule has 0 bridgehead atoms. The third kappa shape index (κ3) is 5.68. The molecule has 2 atom stereocenters. The van der Waals surface area contributed by atoms with Crippen molar-refractivity contribution in [2.45, 2.75) is 71.2 Å². The van der Waals surface area contributed by atoms with Crippen molar-refractivity contribution >= 4 is 35.4 Å². The quantitative estimate of drug-likeness (QED) is 0.512. The molecule has 2 fully saturated rings. The molecule has 1 aromatic heterocycles. The molecule has 0 saturated carbocycles. The van der Waals surface area contributed by atoms with Gasteiger partial charge in [-0.2, -0.15) is 0 Å². The molecule has 4 heterocycles. The van der Waals surface area contributed by atoms with E-state index in [1.165, 1.54) is 0 Å². The van der Waals surface area contributed by atoms with Gasteiger partial charge in [0.05, 0.1) is 23.9 Å². The molecule has 13 nitrogen and oxygen atoms in total. The predicted octanol–water partition coefficient (Wildman–Crippen LogP) is 1.94. The number of nitrogens with one attached hydrogen (secondary N) is 2. The molecule has 0 spiro atoms. The summed E-state index contributed by atoms with van der Waals surface area (Å²) in [6, 6.07) is 3.88. The van der Waals surface area contributed by atoms with Crippen LogP contribution in [0.25, 0.3) is 0 Å². The molecule has 13 heteroatoms. The van der Waals surface area contributed by atoms with Gasteiger partial charge in [-0.3, -0.25) is 34.1 Å². The first kappa shape index (κ1) is 27.3. The third-order valence-electron chi connectivity index (χ3n) is 7.13. The van der Waals surface area contributed by atoms with E-state index in [1.54, 1.807) is 27.8 Å². The van der Waals surface area contributed by atoms with E-state index in [2.05, 4.69) is 20.9 Å². The second kappa shape index (κ2) is 10.7. The van der Waals surface area contributed by atoms with Gasteiger partial charge in [-0.05, 0) is 58.1 Å². The summed E-state index contributed by atoms with van der Waals surface area (Å²) in [7, 11) is 0. The summed E-state index contributed by atoms with van der Waals surface area (Å²) in [5.74, 6) is -1.99. The number of aromatic nitrogens is 3.